The number of nitrogen functional groups attached to an aromatic ring is 1. The molecule has 0 aliphatic rings. The fraction of sp³-hybridized carbons (Fsp3) is 0.182. The second kappa shape index (κ2) is 5.17. The molecule has 0 saturated carbocycles. The van der Waals surface area contributed by atoms with Gasteiger partial charge in [0.1, 0.15) is 0 Å². The van der Waals surface area contributed by atoms with Crippen LogP contribution < -0.4 is 16.4 Å². The van der Waals surface area contributed by atoms with Crippen molar-refractivity contribution in [3.05, 3.63) is 36.0 Å². The Hall–Kier alpha value is -2.57. The van der Waals surface area contributed by atoms with Crippen molar-refractivity contribution in [2.75, 3.05) is 11.1 Å². The van der Waals surface area contributed by atoms with Crippen LogP contribution >= 0.6 is 0 Å². The van der Waals surface area contributed by atoms with Crippen LogP contribution in [0.2, 0.25) is 0 Å². The minimum absolute atomic E-state index is 0.206. The molecule has 0 radical (unpaired) electrons. The van der Waals surface area contributed by atoms with E-state index >= 15 is 0 Å². The molecular weight excluding hydrogens is 234 g/mol. The van der Waals surface area contributed by atoms with Crippen LogP contribution in [-0.4, -0.2) is 16.2 Å². The van der Waals surface area contributed by atoms with E-state index in [0.717, 1.165) is 0 Å². The second-order valence-corrected chi connectivity index (χ2v) is 3.66. The molecule has 0 fully saturated rings. The zero-order chi connectivity index (χ0) is 13.0. The standard InChI is InChI=1S/C11H13N5O2/c1-7-14-10(16-18-7)6-13-11(17)15-9-4-2-8(12)3-5-9/h2-5H,6,12H2,1H3,(H2,13,15,17). The molecule has 0 atom stereocenters. The Bertz CT molecular complexity index is 535. The first-order valence-corrected chi connectivity index (χ1v) is 5.33. The number of nitrogens with one attached hydrogen (secondary N) is 2. The number of aryl methyl sites for hydroxylation is 1. The lowest BCUT2D eigenvalue weighted by molar-refractivity contribution is 0.251. The van der Waals surface area contributed by atoms with Crippen LogP contribution in [0.15, 0.2) is 28.8 Å². The maximum atomic E-state index is 11.5. The SMILES string of the molecule is Cc1nc(CNC(=O)Nc2ccc(N)cc2)no1. The number of hydrogen-bond acceptors (Lipinski definition) is 5. The Morgan fingerprint density at radius 1 is 1.39 bits per heavy atom. The van der Waals surface area contributed by atoms with Crippen LogP contribution in [0.1, 0.15) is 11.7 Å². The highest BCUT2D eigenvalue weighted by atomic mass is 16.5. The Morgan fingerprint density at radius 2 is 2.11 bits per heavy atom. The zero-order valence-electron chi connectivity index (χ0n) is 9.80. The third kappa shape index (κ3) is 3.21. The summed E-state index contributed by atoms with van der Waals surface area (Å²) in [6, 6.07) is 6.50. The largest absolute Gasteiger partial charge is 0.399 e. The van der Waals surface area contributed by atoms with Gasteiger partial charge in [0.25, 0.3) is 0 Å². The van der Waals surface area contributed by atoms with E-state index in [2.05, 4.69) is 20.8 Å². The van der Waals surface area contributed by atoms with Crippen molar-refractivity contribution in [1.82, 2.24) is 15.5 Å². The van der Waals surface area contributed by atoms with E-state index < -0.39 is 0 Å². The van der Waals surface area contributed by atoms with Crippen LogP contribution in [0.3, 0.4) is 0 Å². The summed E-state index contributed by atoms with van der Waals surface area (Å²) in [6.45, 7) is 1.89. The van der Waals surface area contributed by atoms with Crippen LogP contribution in [0, 0.1) is 6.92 Å². The van der Waals surface area contributed by atoms with E-state index in [1.54, 1.807) is 31.2 Å². The van der Waals surface area contributed by atoms with Gasteiger partial charge in [-0.3, -0.25) is 0 Å². The Kier molecular flexibility index (Phi) is 3.42. The van der Waals surface area contributed by atoms with Gasteiger partial charge < -0.3 is 20.9 Å². The van der Waals surface area contributed by atoms with E-state index in [9.17, 15) is 4.79 Å². The summed E-state index contributed by atoms with van der Waals surface area (Å²) in [6.07, 6.45) is 0. The van der Waals surface area contributed by atoms with Crippen molar-refractivity contribution >= 4 is 17.4 Å². The minimum atomic E-state index is -0.345. The monoisotopic (exact) mass is 247 g/mol. The summed E-state index contributed by atoms with van der Waals surface area (Å²) in [5.74, 6) is 0.894. The highest BCUT2D eigenvalue weighted by molar-refractivity contribution is 5.89. The molecule has 0 unspecified atom stereocenters. The molecular formula is C11H13N5O2. The van der Waals surface area contributed by atoms with Crippen molar-refractivity contribution in [1.29, 1.82) is 0 Å². The molecule has 18 heavy (non-hydrogen) atoms. The third-order valence-electron chi connectivity index (χ3n) is 2.15. The predicted molar refractivity (Wildman–Crippen MR) is 65.7 cm³/mol. The zero-order valence-corrected chi connectivity index (χ0v) is 9.80. The number of nitrogens with zero attached hydrogens (tertiary/aromatic N) is 2. The van der Waals surface area contributed by atoms with Crippen molar-refractivity contribution in [3.8, 4) is 0 Å². The van der Waals surface area contributed by atoms with Gasteiger partial charge >= 0.3 is 6.03 Å². The van der Waals surface area contributed by atoms with Gasteiger partial charge in [0, 0.05) is 18.3 Å². The van der Waals surface area contributed by atoms with Crippen molar-refractivity contribution < 1.29 is 9.32 Å². The molecule has 2 aromatic rings. The quantitative estimate of drug-likeness (QED) is 0.708. The van der Waals surface area contributed by atoms with Crippen LogP contribution in [-0.2, 0) is 6.54 Å². The topological polar surface area (TPSA) is 106 Å². The van der Waals surface area contributed by atoms with Gasteiger partial charge in [-0.2, -0.15) is 4.98 Å². The average molecular weight is 247 g/mol. The highest BCUT2D eigenvalue weighted by Gasteiger charge is 2.05. The van der Waals surface area contributed by atoms with Gasteiger partial charge in [-0.15, -0.1) is 0 Å². The van der Waals surface area contributed by atoms with Gasteiger partial charge in [0.2, 0.25) is 5.89 Å². The number of amides is 2. The summed E-state index contributed by atoms with van der Waals surface area (Å²) >= 11 is 0. The van der Waals surface area contributed by atoms with E-state index in [1.165, 1.54) is 0 Å². The predicted octanol–water partition coefficient (Wildman–Crippen LogP) is 1.28. The first kappa shape index (κ1) is 11.9. The van der Waals surface area contributed by atoms with E-state index in [4.69, 9.17) is 10.3 Å². The number of carbonyl (C=O) groups is 1. The summed E-state index contributed by atoms with van der Waals surface area (Å²) in [5, 5.41) is 8.92. The molecule has 2 rings (SSSR count). The lowest BCUT2D eigenvalue weighted by Crippen LogP contribution is -2.28. The molecule has 0 bridgehead atoms. The fourth-order valence-electron chi connectivity index (χ4n) is 1.31. The molecule has 94 valence electrons. The van der Waals surface area contributed by atoms with Crippen LogP contribution in [0.25, 0.3) is 0 Å². The number of rotatable bonds is 3. The molecule has 7 heteroatoms. The van der Waals surface area contributed by atoms with Gasteiger partial charge in [-0.25, -0.2) is 4.79 Å². The van der Waals surface area contributed by atoms with Gasteiger partial charge in [0.15, 0.2) is 5.82 Å². The summed E-state index contributed by atoms with van der Waals surface area (Å²) < 4.78 is 4.78. The Morgan fingerprint density at radius 3 is 2.72 bits per heavy atom. The van der Waals surface area contributed by atoms with Crippen LogP contribution in [0.4, 0.5) is 16.2 Å². The van der Waals surface area contributed by atoms with Gasteiger partial charge in [-0.05, 0) is 24.3 Å². The Labute approximate surface area is 103 Å². The maximum absolute atomic E-state index is 11.5. The second-order valence-electron chi connectivity index (χ2n) is 3.66. The molecule has 1 aromatic carbocycles. The van der Waals surface area contributed by atoms with E-state index in [-0.39, 0.29) is 12.6 Å². The van der Waals surface area contributed by atoms with Crippen molar-refractivity contribution in [2.45, 2.75) is 13.5 Å². The minimum Gasteiger partial charge on any atom is -0.399 e. The fourth-order valence-corrected chi connectivity index (χ4v) is 1.31. The third-order valence-corrected chi connectivity index (χ3v) is 2.15. The molecule has 1 aromatic heterocycles. The van der Waals surface area contributed by atoms with Crippen molar-refractivity contribution in [2.24, 2.45) is 0 Å². The molecule has 0 aliphatic carbocycles. The molecule has 0 aliphatic heterocycles. The summed E-state index contributed by atoms with van der Waals surface area (Å²) in [7, 11) is 0. The smallest absolute Gasteiger partial charge is 0.319 e. The first-order valence-electron chi connectivity index (χ1n) is 5.33. The molecule has 4 N–H and O–H groups in total. The molecule has 0 saturated heterocycles. The Balaban J connectivity index is 1.83. The number of nitrogens with two attached hydrogens (primary N) is 1. The number of hydrogen-bond donors (Lipinski definition) is 3. The molecule has 1 heterocycles. The number of benzene rings is 1. The number of aromatic nitrogens is 2. The normalized spacial score (nSPS) is 10.1. The lowest BCUT2D eigenvalue weighted by atomic mass is 10.3. The number of carbonyl (C=O) groups excluding carboxylic acids is 1. The van der Waals surface area contributed by atoms with E-state index in [0.29, 0.717) is 23.1 Å². The molecule has 2 amide bonds. The molecule has 7 nitrogen and oxygen atoms in total. The number of anilines is 2. The van der Waals surface area contributed by atoms with Gasteiger partial charge in [-0.1, -0.05) is 5.16 Å². The highest BCUT2D eigenvalue weighted by Crippen LogP contribution is 2.09. The maximum Gasteiger partial charge on any atom is 0.319 e. The summed E-state index contributed by atoms with van der Waals surface area (Å²) in [5.41, 5.74) is 6.84. The van der Waals surface area contributed by atoms with Gasteiger partial charge in [0.05, 0.1) is 6.54 Å². The van der Waals surface area contributed by atoms with Crippen LogP contribution in [0.5, 0.6) is 0 Å². The van der Waals surface area contributed by atoms with E-state index in [1.807, 2.05) is 0 Å². The lowest BCUT2D eigenvalue weighted by Gasteiger charge is -2.05. The average Bonchev–Trinajstić information content (AvgIpc) is 2.76. The molecule has 0 spiro atoms. The van der Waals surface area contributed by atoms with Crippen molar-refractivity contribution in [3.63, 3.8) is 0 Å². The first-order chi connectivity index (χ1) is 8.63. The summed E-state index contributed by atoms with van der Waals surface area (Å²) in [4.78, 5) is 15.5. The number of urea groups is 1.